The number of carboxylic acids is 1. The SMILES string of the molecule is CO/N=C(\C(=O)N[C@@H]1C(=O)N2C(C(=O)O)=C(COC(C)=O)CS[C@H]12)C1=CC(=O)C(O)=C[N+]1(O)c1csc(N)n1. The Morgan fingerprint density at radius 3 is 2.67 bits per heavy atom. The minimum absolute atomic E-state index is 0.0419. The number of amides is 2. The van der Waals surface area contributed by atoms with Crippen molar-refractivity contribution in [3.8, 4) is 0 Å². The van der Waals surface area contributed by atoms with Gasteiger partial charge in [0.05, 0.1) is 11.5 Å². The van der Waals surface area contributed by atoms with Crippen molar-refractivity contribution >= 4 is 69.3 Å². The molecule has 0 aliphatic carbocycles. The summed E-state index contributed by atoms with van der Waals surface area (Å²) in [6, 6.07) is -1.21. The summed E-state index contributed by atoms with van der Waals surface area (Å²) >= 11 is 2.07. The molecule has 0 aromatic carbocycles. The van der Waals surface area contributed by atoms with E-state index in [1.165, 1.54) is 5.38 Å². The molecule has 18 heteroatoms. The number of oxime groups is 1. The fraction of sp³-hybridized carbons (Fsp3) is 0.286. The Balaban J connectivity index is 1.62. The van der Waals surface area contributed by atoms with Gasteiger partial charge in [-0.1, -0.05) is 21.1 Å². The first kappa shape index (κ1) is 27.8. The molecule has 1 aromatic heterocycles. The predicted octanol–water partition coefficient (Wildman–Crippen LogP) is -0.408. The summed E-state index contributed by atoms with van der Waals surface area (Å²) in [5.41, 5.74) is 4.40. The van der Waals surface area contributed by atoms with E-state index in [0.717, 1.165) is 48.1 Å². The van der Waals surface area contributed by atoms with Gasteiger partial charge in [0.25, 0.3) is 17.6 Å². The highest BCUT2D eigenvalue weighted by atomic mass is 32.2. The molecule has 1 fully saturated rings. The third-order valence-corrected chi connectivity index (χ3v) is 7.68. The Hall–Kier alpha value is -4.26. The van der Waals surface area contributed by atoms with Crippen LogP contribution in [0.5, 0.6) is 0 Å². The minimum Gasteiger partial charge on any atom is -0.500 e. The number of thiazole rings is 1. The third-order valence-electron chi connectivity index (χ3n) is 5.68. The molecular formula is C21H21N6O10S2+. The zero-order valence-electron chi connectivity index (χ0n) is 20.2. The van der Waals surface area contributed by atoms with Gasteiger partial charge in [-0.25, -0.2) is 4.79 Å². The summed E-state index contributed by atoms with van der Waals surface area (Å²) in [5.74, 6) is -5.74. The van der Waals surface area contributed by atoms with Crippen LogP contribution in [0.25, 0.3) is 0 Å². The summed E-state index contributed by atoms with van der Waals surface area (Å²) in [6.07, 6.45) is 1.46. The number of rotatable bonds is 8. The smallest absolute Gasteiger partial charge is 0.352 e. The number of aliphatic hydroxyl groups is 1. The number of nitrogens with zero attached hydrogens (tertiary/aromatic N) is 4. The number of carboxylic acid groups (broad SMARTS) is 1. The fourth-order valence-electron chi connectivity index (χ4n) is 3.95. The molecule has 206 valence electrons. The van der Waals surface area contributed by atoms with Gasteiger partial charge in [0.1, 0.15) is 30.8 Å². The number of anilines is 1. The van der Waals surface area contributed by atoms with Crippen LogP contribution < -0.4 is 15.7 Å². The van der Waals surface area contributed by atoms with Gasteiger partial charge in [-0.2, -0.15) is 10.2 Å². The molecular weight excluding hydrogens is 560 g/mol. The number of hydroxylamine groups is 2. The summed E-state index contributed by atoms with van der Waals surface area (Å²) in [7, 11) is 1.10. The highest BCUT2D eigenvalue weighted by Crippen LogP contribution is 2.41. The van der Waals surface area contributed by atoms with Crippen molar-refractivity contribution in [3.05, 3.63) is 40.4 Å². The number of hydrogen-bond donors (Lipinski definition) is 5. The topological polar surface area (TPSA) is 231 Å². The van der Waals surface area contributed by atoms with Crippen LogP contribution in [0.1, 0.15) is 6.92 Å². The number of carbonyl (C=O) groups is 5. The Morgan fingerprint density at radius 1 is 1.36 bits per heavy atom. The number of nitrogens with one attached hydrogen (secondary N) is 1. The number of ketones is 1. The van der Waals surface area contributed by atoms with E-state index < -0.39 is 62.8 Å². The second-order valence-corrected chi connectivity index (χ2v) is 10.2. The van der Waals surface area contributed by atoms with Crippen LogP contribution in [0, 0.1) is 0 Å². The molecule has 0 bridgehead atoms. The third kappa shape index (κ3) is 4.97. The van der Waals surface area contributed by atoms with E-state index in [1.807, 2.05) is 0 Å². The molecule has 3 aliphatic heterocycles. The van der Waals surface area contributed by atoms with Crippen molar-refractivity contribution in [2.24, 2.45) is 5.16 Å². The number of thioether (sulfide) groups is 1. The number of aromatic nitrogens is 1. The summed E-state index contributed by atoms with van der Waals surface area (Å²) in [6.45, 7) is 0.844. The predicted molar refractivity (Wildman–Crippen MR) is 135 cm³/mol. The lowest BCUT2D eigenvalue weighted by atomic mass is 10.0. The monoisotopic (exact) mass is 581 g/mol. The number of β-lactam (4-membered cyclic amide) rings is 1. The van der Waals surface area contributed by atoms with Crippen LogP contribution in [-0.4, -0.2) is 91.4 Å². The molecule has 4 rings (SSSR count). The van der Waals surface area contributed by atoms with Gasteiger partial charge in [-0.05, 0) is 0 Å². The van der Waals surface area contributed by atoms with Gasteiger partial charge in [-0.3, -0.25) is 24.1 Å². The van der Waals surface area contributed by atoms with E-state index in [1.54, 1.807) is 0 Å². The van der Waals surface area contributed by atoms with Crippen LogP contribution in [0.3, 0.4) is 0 Å². The molecule has 0 radical (unpaired) electrons. The van der Waals surface area contributed by atoms with Gasteiger partial charge in [0, 0.05) is 18.2 Å². The number of allylic oxidation sites excluding steroid dienone is 1. The number of nitrogens with two attached hydrogens (primary N) is 1. The molecule has 16 nitrogen and oxygen atoms in total. The van der Waals surface area contributed by atoms with Crippen molar-refractivity contribution in [1.29, 1.82) is 0 Å². The highest BCUT2D eigenvalue weighted by Gasteiger charge is 2.55. The zero-order chi connectivity index (χ0) is 28.6. The molecule has 1 unspecified atom stereocenters. The van der Waals surface area contributed by atoms with Crippen molar-refractivity contribution in [2.45, 2.75) is 18.3 Å². The van der Waals surface area contributed by atoms with Crippen LogP contribution >= 0.6 is 23.1 Å². The second-order valence-electron chi connectivity index (χ2n) is 8.16. The van der Waals surface area contributed by atoms with E-state index >= 15 is 0 Å². The number of aliphatic carboxylic acids is 1. The maximum Gasteiger partial charge on any atom is 0.352 e. The molecule has 6 N–H and O–H groups in total. The van der Waals surface area contributed by atoms with Crippen LogP contribution in [0.2, 0.25) is 0 Å². The minimum atomic E-state index is -1.48. The maximum atomic E-state index is 13.3. The number of quaternary nitrogens is 1. The van der Waals surface area contributed by atoms with Gasteiger partial charge < -0.3 is 30.8 Å². The molecule has 4 heterocycles. The van der Waals surface area contributed by atoms with E-state index in [9.17, 15) is 39.4 Å². The highest BCUT2D eigenvalue weighted by molar-refractivity contribution is 8.00. The van der Waals surface area contributed by atoms with E-state index in [0.29, 0.717) is 6.20 Å². The Kier molecular flexibility index (Phi) is 7.46. The van der Waals surface area contributed by atoms with Gasteiger partial charge >= 0.3 is 11.9 Å². The average molecular weight is 582 g/mol. The molecule has 2 amide bonds. The van der Waals surface area contributed by atoms with Gasteiger partial charge in [-0.15, -0.1) is 11.8 Å². The standard InChI is InChI=1S/C21H20N6O10S2/c1-8(28)37-5-9-6-38-19-15(18(32)26(19)16(9)20(33)34)24-17(31)14(25-36-2)10-3-11(29)12(30)4-27(10,35)13-7-39-21(22)23-13/h3-4,7,15,19,35H,5-6H2,1-2H3,(H4-,22,23,24,30,31,33,34)/p+1/b25-14-/t15-,19-,27?/m1/s1. The molecule has 3 atom stereocenters. The van der Waals surface area contributed by atoms with Crippen molar-refractivity contribution in [3.63, 3.8) is 0 Å². The second kappa shape index (κ2) is 10.5. The lowest BCUT2D eigenvalue weighted by Gasteiger charge is -2.49. The maximum absolute atomic E-state index is 13.3. The number of carbonyl (C=O) groups excluding carboxylic acids is 4. The number of hydrogen-bond acceptors (Lipinski definition) is 14. The first-order chi connectivity index (χ1) is 18.4. The number of ether oxygens (including phenoxy) is 1. The number of aliphatic hydroxyl groups excluding tert-OH is 1. The van der Waals surface area contributed by atoms with E-state index in [4.69, 9.17) is 15.3 Å². The summed E-state index contributed by atoms with van der Waals surface area (Å²) in [4.78, 5) is 71.3. The molecule has 0 saturated carbocycles. The molecule has 0 spiro atoms. The van der Waals surface area contributed by atoms with Crippen molar-refractivity contribution in [1.82, 2.24) is 19.8 Å². The van der Waals surface area contributed by atoms with Crippen LogP contribution in [-0.2, 0) is 33.5 Å². The Bertz CT molecular complexity index is 1420. The van der Waals surface area contributed by atoms with E-state index in [-0.39, 0.29) is 34.6 Å². The first-order valence-electron chi connectivity index (χ1n) is 10.9. The number of nitrogen functional groups attached to an aromatic ring is 1. The number of esters is 1. The molecule has 1 aromatic rings. The Morgan fingerprint density at radius 2 is 2.08 bits per heavy atom. The Labute approximate surface area is 227 Å². The quantitative estimate of drug-likeness (QED) is 0.0865. The lowest BCUT2D eigenvalue weighted by molar-refractivity contribution is -0.150. The van der Waals surface area contributed by atoms with Gasteiger partial charge in [0.2, 0.25) is 23.0 Å². The zero-order valence-corrected chi connectivity index (χ0v) is 21.8. The first-order valence-corrected chi connectivity index (χ1v) is 12.8. The van der Waals surface area contributed by atoms with Crippen LogP contribution in [0.15, 0.2) is 45.5 Å². The largest absolute Gasteiger partial charge is 0.500 e. The molecule has 3 aliphatic rings. The fourth-order valence-corrected chi connectivity index (χ4v) is 5.86. The summed E-state index contributed by atoms with van der Waals surface area (Å²) < 4.78 is 3.41. The van der Waals surface area contributed by atoms with Gasteiger partial charge in [0.15, 0.2) is 11.3 Å². The van der Waals surface area contributed by atoms with Crippen molar-refractivity contribution in [2.75, 3.05) is 25.2 Å². The normalized spacial score (nSPS) is 24.8. The van der Waals surface area contributed by atoms with Crippen molar-refractivity contribution < 1.29 is 49.0 Å². The van der Waals surface area contributed by atoms with Crippen LogP contribution in [0.4, 0.5) is 10.9 Å². The summed E-state index contributed by atoms with van der Waals surface area (Å²) in [5, 5.41) is 37.7. The molecule has 39 heavy (non-hydrogen) atoms. The number of fused-ring (bicyclic) bond motifs is 1. The molecule has 1 saturated heterocycles. The lowest BCUT2D eigenvalue weighted by Crippen LogP contribution is -2.71. The average Bonchev–Trinajstić information content (AvgIpc) is 3.33. The van der Waals surface area contributed by atoms with E-state index in [2.05, 4.69) is 15.5 Å².